The Kier molecular flexibility index (Phi) is 5.03. The van der Waals surface area contributed by atoms with Crippen molar-refractivity contribution >= 4 is 16.8 Å². The number of halogens is 3. The monoisotopic (exact) mass is 430 g/mol. The SMILES string of the molecule is COc1ccc(C)c(C(=O)NC2(c3cc(OC)cc4nc(C(F)(F)F)ccc34)CC2)c1. The van der Waals surface area contributed by atoms with Crippen molar-refractivity contribution in [3.63, 3.8) is 0 Å². The van der Waals surface area contributed by atoms with Crippen LogP contribution in [0, 0.1) is 6.92 Å². The molecule has 0 bridgehead atoms. The van der Waals surface area contributed by atoms with E-state index in [0.717, 1.165) is 11.6 Å². The van der Waals surface area contributed by atoms with E-state index in [9.17, 15) is 18.0 Å². The first-order chi connectivity index (χ1) is 14.7. The lowest BCUT2D eigenvalue weighted by molar-refractivity contribution is -0.140. The number of carbonyl (C=O) groups is 1. The van der Waals surface area contributed by atoms with Gasteiger partial charge >= 0.3 is 6.18 Å². The number of amides is 1. The molecule has 0 atom stereocenters. The third-order valence-corrected chi connectivity index (χ3v) is 5.61. The van der Waals surface area contributed by atoms with Gasteiger partial charge in [0.05, 0.1) is 25.3 Å². The van der Waals surface area contributed by atoms with E-state index < -0.39 is 17.4 Å². The van der Waals surface area contributed by atoms with Crippen LogP contribution in [0.2, 0.25) is 0 Å². The average Bonchev–Trinajstić information content (AvgIpc) is 3.52. The molecule has 1 fully saturated rings. The Morgan fingerprint density at radius 1 is 1.03 bits per heavy atom. The molecule has 0 unspecified atom stereocenters. The quantitative estimate of drug-likeness (QED) is 0.619. The second kappa shape index (κ2) is 7.44. The smallest absolute Gasteiger partial charge is 0.433 e. The minimum atomic E-state index is -4.55. The number of aryl methyl sites for hydroxylation is 1. The molecule has 1 aliphatic rings. The summed E-state index contributed by atoms with van der Waals surface area (Å²) in [6.07, 6.45) is -3.23. The highest BCUT2D eigenvalue weighted by atomic mass is 19.4. The van der Waals surface area contributed by atoms with Gasteiger partial charge in [0.25, 0.3) is 5.91 Å². The van der Waals surface area contributed by atoms with Gasteiger partial charge in [0, 0.05) is 17.0 Å². The lowest BCUT2D eigenvalue weighted by atomic mass is 9.97. The van der Waals surface area contributed by atoms with Crippen molar-refractivity contribution < 1.29 is 27.4 Å². The summed E-state index contributed by atoms with van der Waals surface area (Å²) >= 11 is 0. The van der Waals surface area contributed by atoms with E-state index in [1.807, 2.05) is 6.92 Å². The van der Waals surface area contributed by atoms with Crippen LogP contribution in [0.1, 0.15) is 40.0 Å². The fourth-order valence-corrected chi connectivity index (χ4v) is 3.72. The highest BCUT2D eigenvalue weighted by Gasteiger charge is 2.47. The Balaban J connectivity index is 1.76. The second-order valence-electron chi connectivity index (χ2n) is 7.65. The lowest BCUT2D eigenvalue weighted by Crippen LogP contribution is -2.35. The van der Waals surface area contributed by atoms with Crippen LogP contribution in [0.15, 0.2) is 42.5 Å². The number of fused-ring (bicyclic) bond motifs is 1. The van der Waals surface area contributed by atoms with Gasteiger partial charge in [0.2, 0.25) is 0 Å². The molecule has 2 aromatic carbocycles. The molecule has 0 saturated heterocycles. The summed E-state index contributed by atoms with van der Waals surface area (Å²) in [7, 11) is 2.97. The third-order valence-electron chi connectivity index (χ3n) is 5.61. The number of rotatable bonds is 5. The molecule has 4 rings (SSSR count). The van der Waals surface area contributed by atoms with E-state index in [4.69, 9.17) is 9.47 Å². The van der Waals surface area contributed by atoms with Gasteiger partial charge in [-0.2, -0.15) is 13.2 Å². The number of nitrogens with zero attached hydrogens (tertiary/aromatic N) is 1. The van der Waals surface area contributed by atoms with Gasteiger partial charge in [-0.3, -0.25) is 4.79 Å². The maximum absolute atomic E-state index is 13.1. The molecule has 1 saturated carbocycles. The summed E-state index contributed by atoms with van der Waals surface area (Å²) < 4.78 is 50.0. The Bertz CT molecular complexity index is 1170. The summed E-state index contributed by atoms with van der Waals surface area (Å²) in [4.78, 5) is 16.9. The summed E-state index contributed by atoms with van der Waals surface area (Å²) in [6.45, 7) is 1.83. The summed E-state index contributed by atoms with van der Waals surface area (Å²) in [6, 6.07) is 10.8. The molecular formula is C23H21F3N2O3. The maximum Gasteiger partial charge on any atom is 0.433 e. The van der Waals surface area contributed by atoms with Crippen LogP contribution in [-0.2, 0) is 11.7 Å². The number of hydrogen-bond acceptors (Lipinski definition) is 4. The number of benzene rings is 2. The topological polar surface area (TPSA) is 60.5 Å². The average molecular weight is 430 g/mol. The summed E-state index contributed by atoms with van der Waals surface area (Å²) in [5.74, 6) is 0.674. The first kappa shape index (κ1) is 21.0. The van der Waals surface area contributed by atoms with Crippen LogP contribution in [0.4, 0.5) is 13.2 Å². The minimum absolute atomic E-state index is 0.169. The number of hydrogen-bond donors (Lipinski definition) is 1. The molecule has 1 aliphatic carbocycles. The normalized spacial score (nSPS) is 14.9. The Labute approximate surface area is 177 Å². The zero-order chi connectivity index (χ0) is 22.4. The van der Waals surface area contributed by atoms with Gasteiger partial charge in [-0.1, -0.05) is 12.1 Å². The second-order valence-corrected chi connectivity index (χ2v) is 7.65. The number of carbonyl (C=O) groups excluding carboxylic acids is 1. The van der Waals surface area contributed by atoms with Crippen molar-refractivity contribution in [2.75, 3.05) is 14.2 Å². The van der Waals surface area contributed by atoms with E-state index in [1.165, 1.54) is 26.4 Å². The molecule has 162 valence electrons. The van der Waals surface area contributed by atoms with Gasteiger partial charge in [-0.15, -0.1) is 0 Å². The van der Waals surface area contributed by atoms with Crippen molar-refractivity contribution in [1.29, 1.82) is 0 Å². The highest BCUT2D eigenvalue weighted by Crippen LogP contribution is 2.49. The fourth-order valence-electron chi connectivity index (χ4n) is 3.72. The Morgan fingerprint density at radius 2 is 1.74 bits per heavy atom. The number of nitrogens with one attached hydrogen (secondary N) is 1. The molecule has 5 nitrogen and oxygen atoms in total. The molecule has 1 aromatic heterocycles. The summed E-state index contributed by atoms with van der Waals surface area (Å²) in [5.41, 5.74) is 0.469. The number of pyridine rings is 1. The van der Waals surface area contributed by atoms with Gasteiger partial charge in [-0.05, 0) is 55.2 Å². The van der Waals surface area contributed by atoms with Crippen LogP contribution in [-0.4, -0.2) is 25.1 Å². The zero-order valence-electron chi connectivity index (χ0n) is 17.3. The van der Waals surface area contributed by atoms with E-state index in [1.54, 1.807) is 24.3 Å². The van der Waals surface area contributed by atoms with Gasteiger partial charge in [0.1, 0.15) is 17.2 Å². The Hall–Kier alpha value is -3.29. The fraction of sp³-hybridized carbons (Fsp3) is 0.304. The zero-order valence-corrected chi connectivity index (χ0v) is 17.3. The van der Waals surface area contributed by atoms with E-state index >= 15 is 0 Å². The number of aromatic nitrogens is 1. The van der Waals surface area contributed by atoms with Crippen molar-refractivity contribution in [2.24, 2.45) is 0 Å². The van der Waals surface area contributed by atoms with E-state index in [0.29, 0.717) is 40.9 Å². The van der Waals surface area contributed by atoms with E-state index in [2.05, 4.69) is 10.3 Å². The van der Waals surface area contributed by atoms with Crippen LogP contribution in [0.25, 0.3) is 10.9 Å². The molecule has 1 N–H and O–H groups in total. The van der Waals surface area contributed by atoms with Crippen molar-refractivity contribution in [2.45, 2.75) is 31.5 Å². The number of methoxy groups -OCH3 is 2. The standard InChI is InChI=1S/C23H21F3N2O3/c1-13-4-5-14(30-2)10-17(13)21(29)28-22(8-9-22)18-11-15(31-3)12-19-16(18)6-7-20(27-19)23(24,25)26/h4-7,10-12H,8-9H2,1-3H3,(H,28,29). The molecule has 3 aromatic rings. The maximum atomic E-state index is 13.1. The molecule has 0 spiro atoms. The molecular weight excluding hydrogens is 409 g/mol. The van der Waals surface area contributed by atoms with Crippen molar-refractivity contribution in [1.82, 2.24) is 10.3 Å². The number of alkyl halides is 3. The van der Waals surface area contributed by atoms with Crippen molar-refractivity contribution in [3.05, 3.63) is 64.8 Å². The van der Waals surface area contributed by atoms with Gasteiger partial charge in [0.15, 0.2) is 0 Å². The first-order valence-corrected chi connectivity index (χ1v) is 9.70. The largest absolute Gasteiger partial charge is 0.497 e. The Morgan fingerprint density at radius 3 is 2.35 bits per heavy atom. The van der Waals surface area contributed by atoms with Crippen LogP contribution in [0.5, 0.6) is 11.5 Å². The predicted octanol–water partition coefficient (Wildman–Crippen LogP) is 5.00. The van der Waals surface area contributed by atoms with Crippen LogP contribution in [0.3, 0.4) is 0 Å². The predicted molar refractivity (Wildman–Crippen MR) is 109 cm³/mol. The highest BCUT2D eigenvalue weighted by molar-refractivity contribution is 5.97. The van der Waals surface area contributed by atoms with Crippen molar-refractivity contribution in [3.8, 4) is 11.5 Å². The summed E-state index contributed by atoms with van der Waals surface area (Å²) in [5, 5.41) is 3.63. The third kappa shape index (κ3) is 3.89. The molecule has 31 heavy (non-hydrogen) atoms. The molecule has 1 amide bonds. The molecule has 0 radical (unpaired) electrons. The van der Waals surface area contributed by atoms with Crippen LogP contribution < -0.4 is 14.8 Å². The lowest BCUT2D eigenvalue weighted by Gasteiger charge is -2.22. The van der Waals surface area contributed by atoms with Gasteiger partial charge in [-0.25, -0.2) is 4.98 Å². The minimum Gasteiger partial charge on any atom is -0.497 e. The van der Waals surface area contributed by atoms with Crippen LogP contribution >= 0.6 is 0 Å². The van der Waals surface area contributed by atoms with Gasteiger partial charge < -0.3 is 14.8 Å². The number of ether oxygens (including phenoxy) is 2. The first-order valence-electron chi connectivity index (χ1n) is 9.70. The molecule has 8 heteroatoms. The molecule has 0 aliphatic heterocycles. The molecule has 1 heterocycles. The van der Waals surface area contributed by atoms with E-state index in [-0.39, 0.29) is 11.4 Å².